The van der Waals surface area contributed by atoms with E-state index in [1.807, 2.05) is 24.3 Å². The van der Waals surface area contributed by atoms with Gasteiger partial charge >= 0.3 is 0 Å². The third kappa shape index (κ3) is 5.50. The Kier molecular flexibility index (Phi) is 7.02. The van der Waals surface area contributed by atoms with Gasteiger partial charge in [0.15, 0.2) is 5.82 Å². The highest BCUT2D eigenvalue weighted by atomic mass is 16.5. The molecule has 3 N–H and O–H groups in total. The first kappa shape index (κ1) is 22.8. The van der Waals surface area contributed by atoms with Gasteiger partial charge in [0, 0.05) is 36.8 Å². The Morgan fingerprint density at radius 3 is 2.74 bits per heavy atom. The molecule has 0 unspecified atom stereocenters. The van der Waals surface area contributed by atoms with Crippen LogP contribution in [0.25, 0.3) is 16.6 Å². The van der Waals surface area contributed by atoms with E-state index in [9.17, 15) is 0 Å². The van der Waals surface area contributed by atoms with Gasteiger partial charge < -0.3 is 20.8 Å². The summed E-state index contributed by atoms with van der Waals surface area (Å²) in [6.45, 7) is 4.31. The molecule has 0 bridgehead atoms. The molecule has 0 aliphatic carbocycles. The zero-order valence-electron chi connectivity index (χ0n) is 19.3. The Labute approximate surface area is 197 Å². The van der Waals surface area contributed by atoms with Gasteiger partial charge in [-0.25, -0.2) is 4.98 Å². The zero-order valence-corrected chi connectivity index (χ0v) is 19.3. The molecule has 0 fully saturated rings. The SMILES string of the molecule is CN/C=C(\C(=N)COc1cccnc1)c1cnc2ccc(Nc3cc(C(C)C)cnn3)nc2c1. The van der Waals surface area contributed by atoms with E-state index in [0.29, 0.717) is 40.1 Å². The first-order chi connectivity index (χ1) is 16.5. The third-order valence-electron chi connectivity index (χ3n) is 5.08. The van der Waals surface area contributed by atoms with Crippen LogP contribution in [0, 0.1) is 5.41 Å². The van der Waals surface area contributed by atoms with E-state index < -0.39 is 0 Å². The maximum absolute atomic E-state index is 8.56. The van der Waals surface area contributed by atoms with Crippen LogP contribution in [0.4, 0.5) is 11.6 Å². The highest BCUT2D eigenvalue weighted by molar-refractivity contribution is 6.23. The van der Waals surface area contributed by atoms with Crippen molar-refractivity contribution in [2.45, 2.75) is 19.8 Å². The van der Waals surface area contributed by atoms with E-state index in [2.05, 4.69) is 44.6 Å². The summed E-state index contributed by atoms with van der Waals surface area (Å²) in [4.78, 5) is 13.3. The molecule has 4 aromatic rings. The number of nitrogens with zero attached hydrogens (tertiary/aromatic N) is 5. The molecule has 34 heavy (non-hydrogen) atoms. The van der Waals surface area contributed by atoms with Crippen LogP contribution in [0.5, 0.6) is 5.75 Å². The fourth-order valence-corrected chi connectivity index (χ4v) is 3.27. The van der Waals surface area contributed by atoms with Gasteiger partial charge in [0.25, 0.3) is 0 Å². The summed E-state index contributed by atoms with van der Waals surface area (Å²) in [7, 11) is 1.79. The second-order valence-electron chi connectivity index (χ2n) is 7.92. The summed E-state index contributed by atoms with van der Waals surface area (Å²) in [6.07, 6.45) is 8.55. The molecule has 172 valence electrons. The van der Waals surface area contributed by atoms with Crippen molar-refractivity contribution in [3.8, 4) is 5.75 Å². The van der Waals surface area contributed by atoms with Crippen molar-refractivity contribution in [3.63, 3.8) is 0 Å². The molecule has 9 heteroatoms. The molecule has 0 amide bonds. The fraction of sp³-hybridized carbons (Fsp3) is 0.200. The molecule has 0 radical (unpaired) electrons. The van der Waals surface area contributed by atoms with Gasteiger partial charge in [-0.15, -0.1) is 5.10 Å². The van der Waals surface area contributed by atoms with Gasteiger partial charge in [-0.1, -0.05) is 13.8 Å². The van der Waals surface area contributed by atoms with Gasteiger partial charge in [-0.2, -0.15) is 5.10 Å². The minimum absolute atomic E-state index is 0.0944. The molecule has 4 heterocycles. The number of nitrogens with one attached hydrogen (secondary N) is 3. The van der Waals surface area contributed by atoms with E-state index in [-0.39, 0.29) is 6.61 Å². The third-order valence-corrected chi connectivity index (χ3v) is 5.08. The van der Waals surface area contributed by atoms with E-state index >= 15 is 0 Å². The molecule has 4 aromatic heterocycles. The average molecular weight is 455 g/mol. The molecule has 0 aromatic carbocycles. The van der Waals surface area contributed by atoms with Gasteiger partial charge in [0.2, 0.25) is 0 Å². The van der Waals surface area contributed by atoms with E-state index in [1.54, 1.807) is 50.2 Å². The topological polar surface area (TPSA) is 122 Å². The number of ether oxygens (including phenoxy) is 1. The number of aromatic nitrogens is 5. The number of hydrogen-bond acceptors (Lipinski definition) is 9. The first-order valence-electron chi connectivity index (χ1n) is 10.9. The highest BCUT2D eigenvalue weighted by Gasteiger charge is 2.12. The van der Waals surface area contributed by atoms with Crippen LogP contribution in [-0.4, -0.2) is 44.5 Å². The minimum Gasteiger partial charge on any atom is -0.486 e. The van der Waals surface area contributed by atoms with Crippen molar-refractivity contribution >= 4 is 34.0 Å². The Bertz CT molecular complexity index is 1320. The maximum atomic E-state index is 8.56. The van der Waals surface area contributed by atoms with E-state index in [1.165, 1.54) is 0 Å². The van der Waals surface area contributed by atoms with Crippen molar-refractivity contribution in [2.24, 2.45) is 0 Å². The fourth-order valence-electron chi connectivity index (χ4n) is 3.27. The monoisotopic (exact) mass is 454 g/mol. The Morgan fingerprint density at radius 1 is 1.09 bits per heavy atom. The molecule has 0 saturated carbocycles. The molecule has 0 spiro atoms. The number of pyridine rings is 3. The Morgan fingerprint density at radius 2 is 1.97 bits per heavy atom. The van der Waals surface area contributed by atoms with Crippen molar-refractivity contribution in [1.82, 2.24) is 30.5 Å². The summed E-state index contributed by atoms with van der Waals surface area (Å²) in [5.41, 5.74) is 4.26. The normalized spacial score (nSPS) is 11.5. The number of anilines is 2. The van der Waals surface area contributed by atoms with Crippen LogP contribution < -0.4 is 15.4 Å². The molecule has 0 saturated heterocycles. The lowest BCUT2D eigenvalue weighted by Gasteiger charge is -2.12. The maximum Gasteiger partial charge on any atom is 0.154 e. The number of hydrogen-bond donors (Lipinski definition) is 3. The van der Waals surface area contributed by atoms with E-state index in [4.69, 9.17) is 15.1 Å². The van der Waals surface area contributed by atoms with Crippen LogP contribution in [0.2, 0.25) is 0 Å². The molecular weight excluding hydrogens is 428 g/mol. The highest BCUT2D eigenvalue weighted by Crippen LogP contribution is 2.23. The Balaban J connectivity index is 1.57. The quantitative estimate of drug-likeness (QED) is 0.319. The first-order valence-corrected chi connectivity index (χ1v) is 10.9. The van der Waals surface area contributed by atoms with Crippen LogP contribution >= 0.6 is 0 Å². The van der Waals surface area contributed by atoms with Gasteiger partial charge in [-0.05, 0) is 47.9 Å². The number of fused-ring (bicyclic) bond motifs is 1. The van der Waals surface area contributed by atoms with Crippen LogP contribution in [0.3, 0.4) is 0 Å². The predicted molar refractivity (Wildman–Crippen MR) is 133 cm³/mol. The van der Waals surface area contributed by atoms with Crippen molar-refractivity contribution in [1.29, 1.82) is 5.41 Å². The number of rotatable bonds is 9. The van der Waals surface area contributed by atoms with Crippen LogP contribution in [0.15, 0.2) is 67.4 Å². The summed E-state index contributed by atoms with van der Waals surface area (Å²) in [5.74, 6) is 2.22. The lowest BCUT2D eigenvalue weighted by Crippen LogP contribution is -2.14. The summed E-state index contributed by atoms with van der Waals surface area (Å²) in [6, 6.07) is 11.2. The largest absolute Gasteiger partial charge is 0.486 e. The Hall–Kier alpha value is -4.40. The summed E-state index contributed by atoms with van der Waals surface area (Å²) >= 11 is 0. The lowest BCUT2D eigenvalue weighted by atomic mass is 10.0. The lowest BCUT2D eigenvalue weighted by molar-refractivity contribution is 0.375. The second kappa shape index (κ2) is 10.5. The standard InChI is InChI=1S/C25H26N8O/c1-16(2)17-10-25(33-30-12-17)32-24-7-6-22-23(31-24)9-18(11-29-22)20(14-27-3)21(26)15-34-19-5-4-8-28-13-19/h4-14,16,26-27H,15H2,1-3H3,(H,31,32,33)/b20-14-,26-21?. The van der Waals surface area contributed by atoms with Gasteiger partial charge in [0.05, 0.1) is 29.1 Å². The van der Waals surface area contributed by atoms with Crippen LogP contribution in [0.1, 0.15) is 30.9 Å². The smallest absolute Gasteiger partial charge is 0.154 e. The summed E-state index contributed by atoms with van der Waals surface area (Å²) < 4.78 is 5.70. The van der Waals surface area contributed by atoms with Gasteiger partial charge in [0.1, 0.15) is 18.2 Å². The molecule has 0 aliphatic rings. The van der Waals surface area contributed by atoms with Crippen molar-refractivity contribution in [3.05, 3.63) is 78.5 Å². The second-order valence-corrected chi connectivity index (χ2v) is 7.92. The summed E-state index contributed by atoms with van der Waals surface area (Å²) in [5, 5.41) is 23.0. The predicted octanol–water partition coefficient (Wildman–Crippen LogP) is 4.34. The molecule has 9 nitrogen and oxygen atoms in total. The van der Waals surface area contributed by atoms with Gasteiger partial charge in [-0.3, -0.25) is 9.97 Å². The van der Waals surface area contributed by atoms with E-state index in [0.717, 1.165) is 16.6 Å². The molecule has 4 rings (SSSR count). The van der Waals surface area contributed by atoms with Crippen molar-refractivity contribution < 1.29 is 4.74 Å². The molecule has 0 aliphatic heterocycles. The molecule has 0 atom stereocenters. The molecular formula is C25H26N8O. The average Bonchev–Trinajstić information content (AvgIpc) is 2.86. The van der Waals surface area contributed by atoms with Crippen molar-refractivity contribution in [2.75, 3.05) is 19.0 Å². The minimum atomic E-state index is 0.0944. The van der Waals surface area contributed by atoms with Crippen LogP contribution in [-0.2, 0) is 0 Å². The zero-order chi connectivity index (χ0) is 23.9.